The smallest absolute Gasteiger partial charge is 0.364 e. The lowest BCUT2D eigenvalue weighted by Crippen LogP contribution is -2.69. The van der Waals surface area contributed by atoms with Gasteiger partial charge < -0.3 is 115 Å². The minimum Gasteiger partial charge on any atom is -0.477 e. The number of hydrogen-bond acceptors (Lipinski definition) is 23. The van der Waals surface area contributed by atoms with Crippen LogP contribution in [0.25, 0.3) is 0 Å². The molecule has 4 fully saturated rings. The van der Waals surface area contributed by atoms with Crippen molar-refractivity contribution in [1.82, 2.24) is 5.32 Å². The lowest BCUT2D eigenvalue weighted by molar-refractivity contribution is -0.384. The van der Waals surface area contributed by atoms with E-state index in [-0.39, 0.29) is 0 Å². The van der Waals surface area contributed by atoms with E-state index in [4.69, 9.17) is 33.2 Å². The molecule has 54 heavy (non-hydrogen) atoms. The Morgan fingerprint density at radius 1 is 0.741 bits per heavy atom. The standard InChI is InChI=1S/C29H49NO24/c1-7(34)30-13-8(35)2-29(28(46)47,54-23(13)14(37)9(36)3-31)48-6-12-16(39)24(53-26-20(43)17(40)15(38)10(4-32)50-26)21(44)27(51-12)52-22-11(5-33)49-25(45)19(42)18(22)41/h8-27,31-33,35-45H,2-6H2,1H3,(H,30,34)(H,46,47)/t8-,9+,10+,11+,12+,13+,14+,15-,16-,17-,18+,19+,20+,21+,22+,23+,24-,25+,26-,27-,29+/m0/s1. The fraction of sp³-hybridized carbons (Fsp3) is 0.931. The van der Waals surface area contributed by atoms with Crippen LogP contribution in [0.5, 0.6) is 0 Å². The number of aliphatic hydroxyl groups is 14. The van der Waals surface area contributed by atoms with Gasteiger partial charge in [0.1, 0.15) is 91.6 Å². The number of hydrogen-bond donors (Lipinski definition) is 16. The Morgan fingerprint density at radius 2 is 1.33 bits per heavy atom. The molecule has 4 saturated heterocycles. The molecule has 0 aromatic rings. The number of carbonyl (C=O) groups is 2. The van der Waals surface area contributed by atoms with Crippen LogP contribution in [-0.4, -0.2) is 243 Å². The van der Waals surface area contributed by atoms with Crippen molar-refractivity contribution in [2.45, 2.75) is 142 Å². The van der Waals surface area contributed by atoms with Crippen molar-refractivity contribution < 1.29 is 119 Å². The molecule has 4 aliphatic rings. The van der Waals surface area contributed by atoms with E-state index in [1.54, 1.807) is 0 Å². The average molecular weight is 796 g/mol. The number of ether oxygens (including phenoxy) is 7. The van der Waals surface area contributed by atoms with Crippen molar-refractivity contribution in [3.05, 3.63) is 0 Å². The first kappa shape index (κ1) is 44.8. The van der Waals surface area contributed by atoms with Crippen molar-refractivity contribution in [1.29, 1.82) is 0 Å². The molecule has 0 saturated carbocycles. The Kier molecular flexibility index (Phi) is 15.4. The molecule has 0 aromatic heterocycles. The molecule has 4 heterocycles. The van der Waals surface area contributed by atoms with Crippen LogP contribution in [-0.2, 0) is 42.7 Å². The van der Waals surface area contributed by atoms with Crippen LogP contribution in [0, 0.1) is 0 Å². The molecule has 25 heteroatoms. The van der Waals surface area contributed by atoms with Crippen molar-refractivity contribution >= 4 is 11.9 Å². The molecule has 1 amide bonds. The Bertz CT molecular complexity index is 1230. The highest BCUT2D eigenvalue weighted by Crippen LogP contribution is 2.36. The summed E-state index contributed by atoms with van der Waals surface area (Å²) in [6.07, 6.45) is -38.2. The van der Waals surface area contributed by atoms with E-state index < -0.39 is 173 Å². The molecule has 0 aromatic carbocycles. The molecule has 314 valence electrons. The molecule has 0 aliphatic carbocycles. The highest BCUT2D eigenvalue weighted by Gasteiger charge is 2.58. The summed E-state index contributed by atoms with van der Waals surface area (Å²) in [4.78, 5) is 24.5. The van der Waals surface area contributed by atoms with Gasteiger partial charge in [0.05, 0.1) is 38.6 Å². The number of aliphatic carboxylic acids is 1. The highest BCUT2D eigenvalue weighted by molar-refractivity contribution is 5.76. The zero-order chi connectivity index (χ0) is 40.4. The summed E-state index contributed by atoms with van der Waals surface area (Å²) in [6, 6.07) is -1.56. The second kappa shape index (κ2) is 18.6. The largest absolute Gasteiger partial charge is 0.477 e. The minimum absolute atomic E-state index is 0.769. The summed E-state index contributed by atoms with van der Waals surface area (Å²) in [7, 11) is 0. The lowest BCUT2D eigenvalue weighted by Gasteiger charge is -2.49. The topological polar surface area (TPSA) is 414 Å². The first-order chi connectivity index (χ1) is 25.3. The monoisotopic (exact) mass is 795 g/mol. The van der Waals surface area contributed by atoms with Gasteiger partial charge in [-0.15, -0.1) is 0 Å². The number of aliphatic hydroxyl groups excluding tert-OH is 14. The van der Waals surface area contributed by atoms with Gasteiger partial charge in [0.25, 0.3) is 5.79 Å². The Hall–Kier alpha value is -1.90. The van der Waals surface area contributed by atoms with Crippen LogP contribution in [0.1, 0.15) is 13.3 Å². The van der Waals surface area contributed by atoms with E-state index in [1.165, 1.54) is 0 Å². The van der Waals surface area contributed by atoms with Gasteiger partial charge in [-0.1, -0.05) is 0 Å². The van der Waals surface area contributed by atoms with E-state index in [0.717, 1.165) is 6.92 Å². The van der Waals surface area contributed by atoms with Gasteiger partial charge in [0.15, 0.2) is 18.9 Å². The van der Waals surface area contributed by atoms with Gasteiger partial charge in [-0.3, -0.25) is 4.79 Å². The Morgan fingerprint density at radius 3 is 1.91 bits per heavy atom. The maximum absolute atomic E-state index is 12.7. The van der Waals surface area contributed by atoms with Crippen molar-refractivity contribution in [2.75, 3.05) is 26.4 Å². The predicted molar refractivity (Wildman–Crippen MR) is 163 cm³/mol. The third kappa shape index (κ3) is 9.28. The van der Waals surface area contributed by atoms with Crippen LogP contribution < -0.4 is 5.32 Å². The third-order valence-corrected chi connectivity index (χ3v) is 9.58. The fourth-order valence-corrected chi connectivity index (χ4v) is 6.53. The SMILES string of the molecule is CC(=O)N[C@H]1[C@H]([C@H](O)[C@H](O)CO)O[C@@](OC[C@H]2O[C@@H](O[C@H]3[C@H](O)[C@@H](O)[C@H](O)O[C@@H]3CO)[C@H](O)[C@@H](O[C@@H]3O[C@H](CO)[C@H](O)[C@H](O)[C@H]3O)[C@H]2O)(C(=O)O)C[C@@H]1O. The van der Waals surface area contributed by atoms with Gasteiger partial charge in [0, 0.05) is 13.3 Å². The van der Waals surface area contributed by atoms with E-state index in [0.29, 0.717) is 0 Å². The van der Waals surface area contributed by atoms with E-state index in [9.17, 15) is 86.2 Å². The van der Waals surface area contributed by atoms with Crippen LogP contribution >= 0.6 is 0 Å². The molecule has 0 bridgehead atoms. The molecule has 4 rings (SSSR count). The lowest BCUT2D eigenvalue weighted by atomic mass is 9.88. The van der Waals surface area contributed by atoms with Crippen molar-refractivity contribution in [3.8, 4) is 0 Å². The first-order valence-electron chi connectivity index (χ1n) is 16.7. The number of nitrogens with one attached hydrogen (secondary N) is 1. The molecule has 21 atom stereocenters. The van der Waals surface area contributed by atoms with Crippen LogP contribution in [0.2, 0.25) is 0 Å². The number of carboxylic acid groups (broad SMARTS) is 1. The normalized spacial score (nSPS) is 47.1. The second-order valence-corrected chi connectivity index (χ2v) is 13.3. The second-order valence-electron chi connectivity index (χ2n) is 13.3. The molecule has 4 aliphatic heterocycles. The molecule has 0 radical (unpaired) electrons. The summed E-state index contributed by atoms with van der Waals surface area (Å²) in [5, 5.41) is 157. The summed E-state index contributed by atoms with van der Waals surface area (Å²) < 4.78 is 38.3. The Labute approximate surface area is 305 Å². The predicted octanol–water partition coefficient (Wildman–Crippen LogP) is -10.4. The molecule has 0 spiro atoms. The summed E-state index contributed by atoms with van der Waals surface area (Å²) in [5.41, 5.74) is 0. The van der Waals surface area contributed by atoms with E-state index >= 15 is 0 Å². The van der Waals surface area contributed by atoms with E-state index in [2.05, 4.69) is 5.32 Å². The summed E-state index contributed by atoms with van der Waals surface area (Å²) >= 11 is 0. The van der Waals surface area contributed by atoms with Gasteiger partial charge in [-0.05, 0) is 0 Å². The molecule has 16 N–H and O–H groups in total. The number of carbonyl (C=O) groups excluding carboxylic acids is 1. The zero-order valence-corrected chi connectivity index (χ0v) is 28.5. The number of carboxylic acids is 1. The Balaban J connectivity index is 1.66. The van der Waals surface area contributed by atoms with Gasteiger partial charge >= 0.3 is 5.97 Å². The van der Waals surface area contributed by atoms with Crippen molar-refractivity contribution in [2.24, 2.45) is 0 Å². The van der Waals surface area contributed by atoms with Gasteiger partial charge in [-0.25, -0.2) is 4.79 Å². The summed E-state index contributed by atoms with van der Waals surface area (Å²) in [6.45, 7) is -2.99. The quantitative estimate of drug-likeness (QED) is 0.0776. The fourth-order valence-electron chi connectivity index (χ4n) is 6.53. The maximum Gasteiger partial charge on any atom is 0.364 e. The van der Waals surface area contributed by atoms with Gasteiger partial charge in [0.2, 0.25) is 5.91 Å². The number of amides is 1. The molecule has 0 unspecified atom stereocenters. The van der Waals surface area contributed by atoms with Crippen molar-refractivity contribution in [3.63, 3.8) is 0 Å². The number of rotatable bonds is 14. The first-order valence-corrected chi connectivity index (χ1v) is 16.7. The maximum atomic E-state index is 12.7. The molecular formula is C29H49NO24. The zero-order valence-electron chi connectivity index (χ0n) is 28.5. The highest BCUT2D eigenvalue weighted by atomic mass is 16.8. The molecular weight excluding hydrogens is 746 g/mol. The van der Waals surface area contributed by atoms with E-state index in [1.807, 2.05) is 0 Å². The van der Waals surface area contributed by atoms with Crippen LogP contribution in [0.4, 0.5) is 0 Å². The average Bonchev–Trinajstić information content (AvgIpc) is 3.13. The third-order valence-electron chi connectivity index (χ3n) is 9.58. The minimum atomic E-state index is -2.96. The molecule has 25 nitrogen and oxygen atoms in total. The van der Waals surface area contributed by atoms with Gasteiger partial charge in [-0.2, -0.15) is 0 Å². The van der Waals surface area contributed by atoms with Crippen LogP contribution in [0.15, 0.2) is 0 Å². The van der Waals surface area contributed by atoms with Crippen LogP contribution in [0.3, 0.4) is 0 Å². The summed E-state index contributed by atoms with van der Waals surface area (Å²) in [5.74, 6) is -5.69.